The maximum atomic E-state index is 12.1. The lowest BCUT2D eigenvalue weighted by atomic mass is 9.88. The molecule has 1 saturated heterocycles. The summed E-state index contributed by atoms with van der Waals surface area (Å²) in [5.74, 6) is -1.17. The highest BCUT2D eigenvalue weighted by Gasteiger charge is 2.29. The standard InChI is InChI=1S/C13H14Cl2N2O3/c1-6(8-4-16-5-8)12(18)17-11-9(14)2-7(13(19)20)3-10(11)15/h2-3,6,8,16H,4-5H2,1H3,(H,17,18)(H,19,20). The minimum atomic E-state index is -1.12. The summed E-state index contributed by atoms with van der Waals surface area (Å²) < 4.78 is 0. The van der Waals surface area contributed by atoms with Crippen LogP contribution in [0.1, 0.15) is 17.3 Å². The van der Waals surface area contributed by atoms with Crippen molar-refractivity contribution in [2.75, 3.05) is 18.4 Å². The minimum absolute atomic E-state index is 0.0192. The first-order valence-corrected chi connectivity index (χ1v) is 6.89. The number of aromatic carboxylic acids is 1. The Morgan fingerprint density at radius 2 is 1.90 bits per heavy atom. The van der Waals surface area contributed by atoms with E-state index in [1.807, 2.05) is 6.92 Å². The molecular weight excluding hydrogens is 303 g/mol. The molecule has 2 rings (SSSR count). The molecule has 1 amide bonds. The molecule has 0 aliphatic carbocycles. The topological polar surface area (TPSA) is 78.4 Å². The largest absolute Gasteiger partial charge is 0.478 e. The van der Waals surface area contributed by atoms with Crippen LogP contribution in [-0.2, 0) is 4.79 Å². The van der Waals surface area contributed by atoms with Gasteiger partial charge in [-0.05, 0) is 31.1 Å². The number of amides is 1. The van der Waals surface area contributed by atoms with Crippen LogP contribution < -0.4 is 10.6 Å². The summed E-state index contributed by atoms with van der Waals surface area (Å²) in [7, 11) is 0. The predicted molar refractivity (Wildman–Crippen MR) is 77.6 cm³/mol. The zero-order chi connectivity index (χ0) is 14.9. The van der Waals surface area contributed by atoms with Crippen molar-refractivity contribution in [3.63, 3.8) is 0 Å². The first kappa shape index (κ1) is 15.1. The number of benzene rings is 1. The first-order chi connectivity index (χ1) is 9.40. The van der Waals surface area contributed by atoms with Crippen LogP contribution in [0.5, 0.6) is 0 Å². The molecule has 3 N–H and O–H groups in total. The Labute approximate surface area is 126 Å². The van der Waals surface area contributed by atoms with Gasteiger partial charge in [-0.1, -0.05) is 30.1 Å². The molecule has 7 heteroatoms. The Bertz CT molecular complexity index is 536. The summed E-state index contributed by atoms with van der Waals surface area (Å²) in [6, 6.07) is 2.53. The lowest BCUT2D eigenvalue weighted by molar-refractivity contribution is -0.121. The second-order valence-electron chi connectivity index (χ2n) is 4.82. The fourth-order valence-electron chi connectivity index (χ4n) is 1.93. The Morgan fingerprint density at radius 1 is 1.35 bits per heavy atom. The smallest absolute Gasteiger partial charge is 0.335 e. The van der Waals surface area contributed by atoms with Gasteiger partial charge >= 0.3 is 5.97 Å². The number of carbonyl (C=O) groups is 2. The number of anilines is 1. The molecule has 1 unspecified atom stereocenters. The monoisotopic (exact) mass is 316 g/mol. The molecule has 0 radical (unpaired) electrons. The normalized spacial score (nSPS) is 16.4. The summed E-state index contributed by atoms with van der Waals surface area (Å²) in [5.41, 5.74) is 0.233. The Hall–Kier alpha value is -1.30. The zero-order valence-electron chi connectivity index (χ0n) is 10.7. The fourth-order valence-corrected chi connectivity index (χ4v) is 2.51. The van der Waals surface area contributed by atoms with Crippen LogP contribution in [0, 0.1) is 11.8 Å². The quantitative estimate of drug-likeness (QED) is 0.797. The van der Waals surface area contributed by atoms with E-state index in [1.165, 1.54) is 12.1 Å². The van der Waals surface area contributed by atoms with E-state index in [2.05, 4.69) is 10.6 Å². The van der Waals surface area contributed by atoms with Gasteiger partial charge in [0, 0.05) is 5.92 Å². The van der Waals surface area contributed by atoms with Crippen molar-refractivity contribution in [2.24, 2.45) is 11.8 Å². The molecular formula is C13H14Cl2N2O3. The average molecular weight is 317 g/mol. The first-order valence-electron chi connectivity index (χ1n) is 6.14. The molecule has 0 saturated carbocycles. The molecule has 1 fully saturated rings. The van der Waals surface area contributed by atoms with Crippen molar-refractivity contribution < 1.29 is 14.7 Å². The van der Waals surface area contributed by atoms with Crippen LogP contribution in [0.4, 0.5) is 5.69 Å². The minimum Gasteiger partial charge on any atom is -0.478 e. The van der Waals surface area contributed by atoms with Gasteiger partial charge in [-0.25, -0.2) is 4.79 Å². The summed E-state index contributed by atoms with van der Waals surface area (Å²) in [6.07, 6.45) is 0. The number of hydrogen-bond donors (Lipinski definition) is 3. The average Bonchev–Trinajstić information content (AvgIpc) is 2.30. The molecule has 1 atom stereocenters. The van der Waals surface area contributed by atoms with Crippen LogP contribution in [0.25, 0.3) is 0 Å². The van der Waals surface area contributed by atoms with Crippen LogP contribution >= 0.6 is 23.2 Å². The van der Waals surface area contributed by atoms with Gasteiger partial charge in [-0.3, -0.25) is 4.79 Å². The molecule has 1 aliphatic heterocycles. The molecule has 1 aromatic carbocycles. The maximum absolute atomic E-state index is 12.1. The van der Waals surface area contributed by atoms with Gasteiger partial charge in [0.15, 0.2) is 0 Å². The molecule has 108 valence electrons. The highest BCUT2D eigenvalue weighted by atomic mass is 35.5. The van der Waals surface area contributed by atoms with Gasteiger partial charge in [0.1, 0.15) is 0 Å². The van der Waals surface area contributed by atoms with E-state index in [1.54, 1.807) is 0 Å². The third kappa shape index (κ3) is 3.06. The van der Waals surface area contributed by atoms with Crippen molar-refractivity contribution in [1.29, 1.82) is 0 Å². The fraction of sp³-hybridized carbons (Fsp3) is 0.385. The second-order valence-corrected chi connectivity index (χ2v) is 5.63. The van der Waals surface area contributed by atoms with Gasteiger partial charge < -0.3 is 15.7 Å². The molecule has 5 nitrogen and oxygen atoms in total. The maximum Gasteiger partial charge on any atom is 0.335 e. The number of carboxylic acids is 1. The molecule has 0 bridgehead atoms. The molecule has 20 heavy (non-hydrogen) atoms. The van der Waals surface area contributed by atoms with E-state index >= 15 is 0 Å². The Kier molecular flexibility index (Phi) is 4.52. The van der Waals surface area contributed by atoms with Crippen molar-refractivity contribution in [2.45, 2.75) is 6.92 Å². The molecule has 0 spiro atoms. The number of carboxylic acid groups (broad SMARTS) is 1. The number of halogens is 2. The summed E-state index contributed by atoms with van der Waals surface area (Å²) >= 11 is 12.0. The zero-order valence-corrected chi connectivity index (χ0v) is 12.3. The van der Waals surface area contributed by atoms with Crippen LogP contribution in [0.15, 0.2) is 12.1 Å². The van der Waals surface area contributed by atoms with Gasteiger partial charge in [0.25, 0.3) is 0 Å². The van der Waals surface area contributed by atoms with E-state index in [0.29, 0.717) is 5.92 Å². The van der Waals surface area contributed by atoms with Gasteiger partial charge in [-0.2, -0.15) is 0 Å². The third-order valence-corrected chi connectivity index (χ3v) is 4.07. The van der Waals surface area contributed by atoms with Gasteiger partial charge in [0.2, 0.25) is 5.91 Å². The highest BCUT2D eigenvalue weighted by molar-refractivity contribution is 6.40. The van der Waals surface area contributed by atoms with Gasteiger partial charge in [0.05, 0.1) is 21.3 Å². The SMILES string of the molecule is CC(C(=O)Nc1c(Cl)cc(C(=O)O)cc1Cl)C1CNC1. The van der Waals surface area contributed by atoms with Crippen LogP contribution in [0.2, 0.25) is 10.0 Å². The summed E-state index contributed by atoms with van der Waals surface area (Å²) in [4.78, 5) is 23.0. The lowest BCUT2D eigenvalue weighted by Gasteiger charge is -2.31. The van der Waals surface area contributed by atoms with Crippen LogP contribution in [0.3, 0.4) is 0 Å². The van der Waals surface area contributed by atoms with E-state index in [4.69, 9.17) is 28.3 Å². The van der Waals surface area contributed by atoms with E-state index in [-0.39, 0.29) is 33.1 Å². The van der Waals surface area contributed by atoms with Gasteiger partial charge in [-0.15, -0.1) is 0 Å². The predicted octanol–water partition coefficient (Wildman–Crippen LogP) is 2.49. The van der Waals surface area contributed by atoms with E-state index in [0.717, 1.165) is 13.1 Å². The number of hydrogen-bond acceptors (Lipinski definition) is 3. The van der Waals surface area contributed by atoms with Crippen molar-refractivity contribution in [3.05, 3.63) is 27.7 Å². The highest BCUT2D eigenvalue weighted by Crippen LogP contribution is 2.32. The second kappa shape index (κ2) is 5.99. The molecule has 1 aromatic rings. The Morgan fingerprint density at radius 3 is 2.30 bits per heavy atom. The number of carbonyl (C=O) groups excluding carboxylic acids is 1. The number of rotatable bonds is 4. The van der Waals surface area contributed by atoms with E-state index in [9.17, 15) is 9.59 Å². The summed E-state index contributed by atoms with van der Waals surface area (Å²) in [5, 5.41) is 14.9. The lowest BCUT2D eigenvalue weighted by Crippen LogP contribution is -2.48. The van der Waals surface area contributed by atoms with Crippen molar-refractivity contribution in [3.8, 4) is 0 Å². The van der Waals surface area contributed by atoms with Crippen LogP contribution in [-0.4, -0.2) is 30.1 Å². The van der Waals surface area contributed by atoms with E-state index < -0.39 is 5.97 Å². The third-order valence-electron chi connectivity index (χ3n) is 3.47. The van der Waals surface area contributed by atoms with Crippen molar-refractivity contribution in [1.82, 2.24) is 5.32 Å². The van der Waals surface area contributed by atoms with Crippen molar-refractivity contribution >= 4 is 40.8 Å². The number of nitrogens with one attached hydrogen (secondary N) is 2. The Balaban J connectivity index is 2.16. The molecule has 1 aliphatic rings. The molecule has 1 heterocycles. The molecule has 0 aromatic heterocycles. The summed E-state index contributed by atoms with van der Waals surface area (Å²) in [6.45, 7) is 3.47.